The molecule has 22 heavy (non-hydrogen) atoms. The number of β-amino-alcohol motifs (C(OH)–C–C–N with tert-alkyl or cyclic N) is 1. The van der Waals surface area contributed by atoms with Crippen LogP contribution < -0.4 is 5.32 Å². The minimum absolute atomic E-state index is 0.00610. The van der Waals surface area contributed by atoms with Gasteiger partial charge >= 0.3 is 6.03 Å². The molecule has 0 radical (unpaired) electrons. The highest BCUT2D eigenvalue weighted by atomic mass is 35.5. The maximum atomic E-state index is 12.7. The van der Waals surface area contributed by atoms with Crippen LogP contribution in [0.3, 0.4) is 0 Å². The van der Waals surface area contributed by atoms with Gasteiger partial charge < -0.3 is 10.4 Å². The van der Waals surface area contributed by atoms with Crippen molar-refractivity contribution in [1.29, 1.82) is 0 Å². The first-order valence-electron chi connectivity index (χ1n) is 7.38. The van der Waals surface area contributed by atoms with E-state index < -0.39 is 17.2 Å². The Balaban J connectivity index is 2.30. The lowest BCUT2D eigenvalue weighted by atomic mass is 9.91. The second-order valence-corrected chi connectivity index (χ2v) is 6.32. The molecule has 0 saturated carbocycles. The molecule has 1 aliphatic rings. The van der Waals surface area contributed by atoms with Gasteiger partial charge in [0.15, 0.2) is 0 Å². The molecule has 6 heteroatoms. The number of aliphatic hydroxyl groups is 1. The Morgan fingerprint density at radius 1 is 1.23 bits per heavy atom. The predicted octanol–water partition coefficient (Wildman–Crippen LogP) is 2.66. The fraction of sp³-hybridized carbons (Fsp3) is 0.500. The van der Waals surface area contributed by atoms with E-state index in [2.05, 4.69) is 5.32 Å². The molecule has 3 amide bonds. The van der Waals surface area contributed by atoms with Gasteiger partial charge in [-0.15, -0.1) is 0 Å². The normalized spacial score (nSPS) is 22.1. The van der Waals surface area contributed by atoms with Crippen molar-refractivity contribution in [2.24, 2.45) is 0 Å². The van der Waals surface area contributed by atoms with E-state index >= 15 is 0 Å². The van der Waals surface area contributed by atoms with Crippen LogP contribution in [-0.2, 0) is 10.3 Å². The van der Waals surface area contributed by atoms with Crippen LogP contribution >= 0.6 is 11.6 Å². The fourth-order valence-electron chi connectivity index (χ4n) is 2.59. The largest absolute Gasteiger partial charge is 0.388 e. The van der Waals surface area contributed by atoms with Gasteiger partial charge in [-0.2, -0.15) is 0 Å². The van der Waals surface area contributed by atoms with Crippen molar-refractivity contribution in [3.8, 4) is 0 Å². The zero-order valence-corrected chi connectivity index (χ0v) is 13.8. The average Bonchev–Trinajstić information content (AvgIpc) is 2.72. The molecule has 1 aliphatic heterocycles. The number of urea groups is 1. The molecule has 1 atom stereocenters. The molecule has 120 valence electrons. The zero-order valence-electron chi connectivity index (χ0n) is 13.0. The standard InChI is InChI=1S/C16H21ClN2O3/c1-4-16(22,5-2)10-19-13(20)15(3,18-14(19)21)11-6-8-12(17)9-7-11/h6-9,22H,4-5,10H2,1-3H3,(H,18,21). The van der Waals surface area contributed by atoms with Crippen LogP contribution in [0, 0.1) is 0 Å². The maximum absolute atomic E-state index is 12.7. The number of hydrogen-bond donors (Lipinski definition) is 2. The van der Waals surface area contributed by atoms with Crippen LogP contribution in [0.25, 0.3) is 0 Å². The van der Waals surface area contributed by atoms with Crippen LogP contribution in [0.5, 0.6) is 0 Å². The molecule has 2 N–H and O–H groups in total. The van der Waals surface area contributed by atoms with Crippen molar-refractivity contribution in [2.45, 2.75) is 44.8 Å². The van der Waals surface area contributed by atoms with Gasteiger partial charge in [0.1, 0.15) is 5.54 Å². The number of amides is 3. The summed E-state index contributed by atoms with van der Waals surface area (Å²) in [5.41, 5.74) is -1.53. The van der Waals surface area contributed by atoms with E-state index in [0.29, 0.717) is 23.4 Å². The second-order valence-electron chi connectivity index (χ2n) is 5.88. The number of carbonyl (C=O) groups excluding carboxylic acids is 2. The lowest BCUT2D eigenvalue weighted by Gasteiger charge is -2.29. The summed E-state index contributed by atoms with van der Waals surface area (Å²) in [6.07, 6.45) is 0.941. The van der Waals surface area contributed by atoms with E-state index in [-0.39, 0.29) is 12.5 Å². The fourth-order valence-corrected chi connectivity index (χ4v) is 2.71. The number of nitrogens with one attached hydrogen (secondary N) is 1. The Morgan fingerprint density at radius 2 is 1.77 bits per heavy atom. The smallest absolute Gasteiger partial charge is 0.325 e. The van der Waals surface area contributed by atoms with Gasteiger partial charge in [-0.1, -0.05) is 37.6 Å². The Bertz CT molecular complexity index is 584. The van der Waals surface area contributed by atoms with Gasteiger partial charge in [0, 0.05) is 5.02 Å². The zero-order chi connectivity index (χ0) is 16.5. The summed E-state index contributed by atoms with van der Waals surface area (Å²) in [5.74, 6) is -0.361. The number of hydrogen-bond acceptors (Lipinski definition) is 3. The Hall–Kier alpha value is -1.59. The first kappa shape index (κ1) is 16.8. The maximum Gasteiger partial charge on any atom is 0.325 e. The Kier molecular flexibility index (Phi) is 4.49. The third-order valence-electron chi connectivity index (χ3n) is 4.47. The van der Waals surface area contributed by atoms with E-state index in [1.54, 1.807) is 31.2 Å². The van der Waals surface area contributed by atoms with Crippen molar-refractivity contribution >= 4 is 23.5 Å². The van der Waals surface area contributed by atoms with Gasteiger partial charge in [0.2, 0.25) is 0 Å². The molecular weight excluding hydrogens is 304 g/mol. The molecule has 0 spiro atoms. The molecule has 1 heterocycles. The SMILES string of the molecule is CCC(O)(CC)CN1C(=O)NC(C)(c2ccc(Cl)cc2)C1=O. The summed E-state index contributed by atoms with van der Waals surface area (Å²) in [7, 11) is 0. The summed E-state index contributed by atoms with van der Waals surface area (Å²) in [6.45, 7) is 5.32. The average molecular weight is 325 g/mol. The summed E-state index contributed by atoms with van der Waals surface area (Å²) in [5, 5.41) is 13.7. The molecule has 1 fully saturated rings. The third kappa shape index (κ3) is 2.83. The quantitative estimate of drug-likeness (QED) is 0.818. The van der Waals surface area contributed by atoms with Crippen LogP contribution in [0.15, 0.2) is 24.3 Å². The van der Waals surface area contributed by atoms with Crippen molar-refractivity contribution in [1.82, 2.24) is 10.2 Å². The summed E-state index contributed by atoms with van der Waals surface area (Å²) in [6, 6.07) is 6.31. The minimum atomic E-state index is -1.13. The molecule has 0 aliphatic carbocycles. The van der Waals surface area contributed by atoms with Crippen LogP contribution in [0.1, 0.15) is 39.2 Å². The Morgan fingerprint density at radius 3 is 2.27 bits per heavy atom. The number of rotatable bonds is 5. The molecule has 0 aromatic heterocycles. The van der Waals surface area contributed by atoms with Gasteiger partial charge in [-0.3, -0.25) is 9.69 Å². The molecule has 5 nitrogen and oxygen atoms in total. The number of benzene rings is 1. The number of imide groups is 1. The van der Waals surface area contributed by atoms with Gasteiger partial charge in [-0.25, -0.2) is 4.79 Å². The van der Waals surface area contributed by atoms with E-state index in [0.717, 1.165) is 4.90 Å². The monoisotopic (exact) mass is 324 g/mol. The molecular formula is C16H21ClN2O3. The first-order chi connectivity index (χ1) is 10.3. The number of nitrogens with zero attached hydrogens (tertiary/aromatic N) is 1. The first-order valence-corrected chi connectivity index (χ1v) is 7.76. The second kappa shape index (κ2) is 5.89. The Labute approximate surface area is 135 Å². The van der Waals surface area contributed by atoms with E-state index in [1.165, 1.54) is 0 Å². The third-order valence-corrected chi connectivity index (χ3v) is 4.72. The summed E-state index contributed by atoms with van der Waals surface area (Å²) in [4.78, 5) is 26.0. The predicted molar refractivity (Wildman–Crippen MR) is 84.6 cm³/mol. The van der Waals surface area contributed by atoms with Crippen molar-refractivity contribution in [3.63, 3.8) is 0 Å². The van der Waals surface area contributed by atoms with Crippen LogP contribution in [0.2, 0.25) is 5.02 Å². The molecule has 1 aromatic rings. The van der Waals surface area contributed by atoms with E-state index in [1.807, 2.05) is 13.8 Å². The molecule has 1 aromatic carbocycles. The van der Waals surface area contributed by atoms with E-state index in [9.17, 15) is 14.7 Å². The topological polar surface area (TPSA) is 69.6 Å². The van der Waals surface area contributed by atoms with Gasteiger partial charge in [-0.05, 0) is 37.5 Å². The number of carbonyl (C=O) groups is 2. The van der Waals surface area contributed by atoms with Crippen molar-refractivity contribution < 1.29 is 14.7 Å². The molecule has 2 rings (SSSR count). The number of halogens is 1. The van der Waals surface area contributed by atoms with Crippen molar-refractivity contribution in [3.05, 3.63) is 34.9 Å². The molecule has 0 bridgehead atoms. The van der Waals surface area contributed by atoms with Gasteiger partial charge in [0.05, 0.1) is 12.1 Å². The highest BCUT2D eigenvalue weighted by Crippen LogP contribution is 2.31. The highest BCUT2D eigenvalue weighted by molar-refractivity contribution is 6.30. The molecule has 1 unspecified atom stereocenters. The van der Waals surface area contributed by atoms with Gasteiger partial charge in [0.25, 0.3) is 5.91 Å². The van der Waals surface area contributed by atoms with Crippen molar-refractivity contribution in [2.75, 3.05) is 6.54 Å². The lowest BCUT2D eigenvalue weighted by molar-refractivity contribution is -0.133. The summed E-state index contributed by atoms with van der Waals surface area (Å²) < 4.78 is 0. The van der Waals surface area contributed by atoms with Crippen LogP contribution in [0.4, 0.5) is 4.79 Å². The van der Waals surface area contributed by atoms with Crippen LogP contribution in [-0.4, -0.2) is 34.1 Å². The lowest BCUT2D eigenvalue weighted by Crippen LogP contribution is -2.46. The minimum Gasteiger partial charge on any atom is -0.388 e. The summed E-state index contributed by atoms with van der Waals surface area (Å²) >= 11 is 5.87. The molecule has 1 saturated heterocycles. The highest BCUT2D eigenvalue weighted by Gasteiger charge is 2.50. The van der Waals surface area contributed by atoms with E-state index in [4.69, 9.17) is 11.6 Å².